The van der Waals surface area contributed by atoms with Crippen LogP contribution in [0, 0.1) is 13.8 Å². The van der Waals surface area contributed by atoms with Crippen LogP contribution in [0.4, 0.5) is 5.82 Å². The molecule has 2 heterocycles. The Morgan fingerprint density at radius 1 is 1.37 bits per heavy atom. The maximum atomic E-state index is 5.88. The molecule has 1 unspecified atom stereocenters. The minimum absolute atomic E-state index is 0.470. The second-order valence-electron chi connectivity index (χ2n) is 5.14. The number of rotatable bonds is 4. The first-order chi connectivity index (χ1) is 9.11. The van der Waals surface area contributed by atoms with E-state index in [1.54, 1.807) is 0 Å². The van der Waals surface area contributed by atoms with Gasteiger partial charge in [-0.15, -0.1) is 0 Å². The number of hydrogen-bond acceptors (Lipinski definition) is 6. The Balaban J connectivity index is 2.04. The molecule has 19 heavy (non-hydrogen) atoms. The van der Waals surface area contributed by atoms with Crippen LogP contribution in [-0.4, -0.2) is 41.1 Å². The van der Waals surface area contributed by atoms with Crippen LogP contribution in [0.2, 0.25) is 0 Å². The minimum Gasteiger partial charge on any atom is -0.476 e. The van der Waals surface area contributed by atoms with Gasteiger partial charge in [0.2, 0.25) is 5.88 Å². The van der Waals surface area contributed by atoms with E-state index in [1.807, 2.05) is 13.8 Å². The fourth-order valence-corrected chi connectivity index (χ4v) is 2.41. The van der Waals surface area contributed by atoms with Gasteiger partial charge in [0.05, 0.1) is 5.56 Å². The molecule has 1 aliphatic heterocycles. The lowest BCUT2D eigenvalue weighted by Crippen LogP contribution is -2.40. The summed E-state index contributed by atoms with van der Waals surface area (Å²) in [5, 5.41) is 0. The monoisotopic (exact) mass is 265 g/mol. The second-order valence-corrected chi connectivity index (χ2v) is 5.14. The smallest absolute Gasteiger partial charge is 0.221 e. The normalized spacial score (nSPS) is 20.3. The number of hydrazine groups is 1. The van der Waals surface area contributed by atoms with Gasteiger partial charge in [0.15, 0.2) is 0 Å². The molecule has 6 nitrogen and oxygen atoms in total. The quantitative estimate of drug-likeness (QED) is 0.630. The predicted molar refractivity (Wildman–Crippen MR) is 75.1 cm³/mol. The van der Waals surface area contributed by atoms with Crippen molar-refractivity contribution < 1.29 is 4.74 Å². The lowest BCUT2D eigenvalue weighted by molar-refractivity contribution is 0.122. The minimum atomic E-state index is 0.470. The highest BCUT2D eigenvalue weighted by atomic mass is 16.5. The molecule has 0 aromatic carbocycles. The third-order valence-corrected chi connectivity index (χ3v) is 3.68. The van der Waals surface area contributed by atoms with Gasteiger partial charge in [-0.1, -0.05) is 6.42 Å². The van der Waals surface area contributed by atoms with Crippen molar-refractivity contribution in [1.29, 1.82) is 0 Å². The third-order valence-electron chi connectivity index (χ3n) is 3.68. The molecule has 1 saturated heterocycles. The molecular formula is C13H23N5O. The first-order valence-electron chi connectivity index (χ1n) is 6.76. The Hall–Kier alpha value is -1.40. The highest BCUT2D eigenvalue weighted by Crippen LogP contribution is 2.22. The van der Waals surface area contributed by atoms with E-state index in [1.165, 1.54) is 19.3 Å². The average Bonchev–Trinajstić information content (AvgIpc) is 2.41. The number of ether oxygens (including phenoxy) is 1. The highest BCUT2D eigenvalue weighted by molar-refractivity contribution is 5.47. The van der Waals surface area contributed by atoms with Crippen molar-refractivity contribution in [3.8, 4) is 5.88 Å². The molecular weight excluding hydrogens is 242 g/mol. The van der Waals surface area contributed by atoms with Crippen LogP contribution >= 0.6 is 0 Å². The number of nitrogens with two attached hydrogens (primary N) is 1. The van der Waals surface area contributed by atoms with Crippen molar-refractivity contribution >= 4 is 5.82 Å². The molecule has 2 rings (SSSR count). The molecule has 0 aliphatic carbocycles. The standard InChI is InChI=1S/C13H23N5O/c1-9-12(17-14)15-10(2)16-13(9)19-8-11-6-4-5-7-18(11)3/h11H,4-8,14H2,1-3H3,(H,15,16,17). The van der Waals surface area contributed by atoms with E-state index in [-0.39, 0.29) is 0 Å². The van der Waals surface area contributed by atoms with E-state index >= 15 is 0 Å². The Morgan fingerprint density at radius 2 is 2.16 bits per heavy atom. The fourth-order valence-electron chi connectivity index (χ4n) is 2.41. The summed E-state index contributed by atoms with van der Waals surface area (Å²) in [6, 6.07) is 0.470. The molecule has 0 radical (unpaired) electrons. The van der Waals surface area contributed by atoms with E-state index in [0.29, 0.717) is 30.2 Å². The van der Waals surface area contributed by atoms with E-state index in [0.717, 1.165) is 12.1 Å². The number of aromatic nitrogens is 2. The topological polar surface area (TPSA) is 76.3 Å². The van der Waals surface area contributed by atoms with Gasteiger partial charge in [0.1, 0.15) is 18.2 Å². The van der Waals surface area contributed by atoms with Crippen molar-refractivity contribution in [3.63, 3.8) is 0 Å². The van der Waals surface area contributed by atoms with Crippen LogP contribution in [0.25, 0.3) is 0 Å². The number of piperidine rings is 1. The lowest BCUT2D eigenvalue weighted by atomic mass is 10.0. The Bertz CT molecular complexity index is 437. The molecule has 0 saturated carbocycles. The van der Waals surface area contributed by atoms with Gasteiger partial charge in [-0.2, -0.15) is 4.98 Å². The van der Waals surface area contributed by atoms with Crippen LogP contribution in [-0.2, 0) is 0 Å². The molecule has 6 heteroatoms. The summed E-state index contributed by atoms with van der Waals surface area (Å²) in [7, 11) is 2.15. The van der Waals surface area contributed by atoms with Gasteiger partial charge >= 0.3 is 0 Å². The van der Waals surface area contributed by atoms with E-state index in [2.05, 4.69) is 27.3 Å². The molecule has 1 fully saturated rings. The van der Waals surface area contributed by atoms with Crippen molar-refractivity contribution in [2.75, 3.05) is 25.6 Å². The zero-order chi connectivity index (χ0) is 13.8. The second kappa shape index (κ2) is 6.16. The molecule has 0 amide bonds. The molecule has 0 bridgehead atoms. The van der Waals surface area contributed by atoms with Gasteiger partial charge in [0, 0.05) is 6.04 Å². The number of aryl methyl sites for hydroxylation is 1. The van der Waals surface area contributed by atoms with Crippen molar-refractivity contribution in [1.82, 2.24) is 14.9 Å². The Kier molecular flexibility index (Phi) is 4.55. The van der Waals surface area contributed by atoms with E-state index in [9.17, 15) is 0 Å². The van der Waals surface area contributed by atoms with Gasteiger partial charge in [0.25, 0.3) is 0 Å². The zero-order valence-corrected chi connectivity index (χ0v) is 11.9. The van der Waals surface area contributed by atoms with E-state index < -0.39 is 0 Å². The van der Waals surface area contributed by atoms with Gasteiger partial charge in [-0.05, 0) is 40.3 Å². The summed E-state index contributed by atoms with van der Waals surface area (Å²) >= 11 is 0. The third kappa shape index (κ3) is 3.33. The van der Waals surface area contributed by atoms with Gasteiger partial charge < -0.3 is 15.1 Å². The number of nitrogens with zero attached hydrogens (tertiary/aromatic N) is 3. The molecule has 106 valence electrons. The van der Waals surface area contributed by atoms with Gasteiger partial charge in [-0.25, -0.2) is 10.8 Å². The summed E-state index contributed by atoms with van der Waals surface area (Å²) in [6.45, 7) is 5.55. The SMILES string of the molecule is Cc1nc(NN)c(C)c(OCC2CCCCN2C)n1. The Labute approximate surface area is 114 Å². The number of nitrogens with one attached hydrogen (secondary N) is 1. The maximum absolute atomic E-state index is 5.88. The van der Waals surface area contributed by atoms with Crippen LogP contribution in [0.5, 0.6) is 5.88 Å². The summed E-state index contributed by atoms with van der Waals surface area (Å²) in [6.07, 6.45) is 3.73. The van der Waals surface area contributed by atoms with Crippen molar-refractivity contribution in [3.05, 3.63) is 11.4 Å². The summed E-state index contributed by atoms with van der Waals surface area (Å²) in [4.78, 5) is 10.9. The molecule has 1 aromatic heterocycles. The van der Waals surface area contributed by atoms with Gasteiger partial charge in [-0.3, -0.25) is 0 Å². The summed E-state index contributed by atoms with van der Waals surface area (Å²) in [5.41, 5.74) is 3.43. The molecule has 1 aliphatic rings. The zero-order valence-electron chi connectivity index (χ0n) is 11.9. The number of hydrogen-bond donors (Lipinski definition) is 2. The van der Waals surface area contributed by atoms with Crippen LogP contribution in [0.1, 0.15) is 30.7 Å². The van der Waals surface area contributed by atoms with Crippen molar-refractivity contribution in [2.24, 2.45) is 5.84 Å². The maximum Gasteiger partial charge on any atom is 0.221 e. The predicted octanol–water partition coefficient (Wildman–Crippen LogP) is 1.24. The number of nitrogen functional groups attached to an aromatic ring is 1. The first kappa shape index (κ1) is 14.0. The van der Waals surface area contributed by atoms with Crippen LogP contribution in [0.15, 0.2) is 0 Å². The number of likely N-dealkylation sites (N-methyl/N-ethyl adjacent to an activating group) is 1. The molecule has 1 aromatic rings. The summed E-state index contributed by atoms with van der Waals surface area (Å²) in [5.74, 6) is 7.35. The Morgan fingerprint density at radius 3 is 2.84 bits per heavy atom. The molecule has 3 N–H and O–H groups in total. The lowest BCUT2D eigenvalue weighted by Gasteiger charge is -2.32. The first-order valence-corrected chi connectivity index (χ1v) is 6.76. The number of anilines is 1. The van der Waals surface area contributed by atoms with Crippen LogP contribution in [0.3, 0.4) is 0 Å². The average molecular weight is 265 g/mol. The molecule has 1 atom stereocenters. The van der Waals surface area contributed by atoms with E-state index in [4.69, 9.17) is 10.6 Å². The van der Waals surface area contributed by atoms with Crippen LogP contribution < -0.4 is 16.0 Å². The molecule has 0 spiro atoms. The summed E-state index contributed by atoms with van der Waals surface area (Å²) < 4.78 is 5.88. The number of likely N-dealkylation sites (tertiary alicyclic amines) is 1. The van der Waals surface area contributed by atoms with Crippen molar-refractivity contribution in [2.45, 2.75) is 39.2 Å². The highest BCUT2D eigenvalue weighted by Gasteiger charge is 2.20. The largest absolute Gasteiger partial charge is 0.476 e. The fraction of sp³-hybridized carbons (Fsp3) is 0.692.